The lowest BCUT2D eigenvalue weighted by atomic mass is 9.85. The van der Waals surface area contributed by atoms with E-state index >= 15 is 0 Å². The second kappa shape index (κ2) is 8.88. The Labute approximate surface area is 170 Å². The highest BCUT2D eigenvalue weighted by molar-refractivity contribution is 5.88. The molecule has 1 atom stereocenters. The average Bonchev–Trinajstić information content (AvgIpc) is 3.18. The number of aliphatic hydroxyl groups excluding tert-OH is 1. The van der Waals surface area contributed by atoms with Crippen LogP contribution in [0.25, 0.3) is 21.9 Å². The number of aliphatic hydroxyl groups is 1. The van der Waals surface area contributed by atoms with Crippen LogP contribution in [0.5, 0.6) is 0 Å². The molecule has 1 saturated carbocycles. The predicted molar refractivity (Wildman–Crippen MR) is 113 cm³/mol. The highest BCUT2D eigenvalue weighted by atomic mass is 19.1. The van der Waals surface area contributed by atoms with E-state index in [0.717, 1.165) is 47.6 Å². The van der Waals surface area contributed by atoms with Gasteiger partial charge in [0.2, 0.25) is 0 Å². The number of benzene rings is 1. The fourth-order valence-electron chi connectivity index (χ4n) is 4.14. The number of nitrogens with zero attached hydrogens (tertiary/aromatic N) is 3. The molecule has 0 bridgehead atoms. The van der Waals surface area contributed by atoms with Gasteiger partial charge >= 0.3 is 0 Å². The fourth-order valence-corrected chi connectivity index (χ4v) is 4.14. The summed E-state index contributed by atoms with van der Waals surface area (Å²) in [6.07, 6.45) is 8.78. The van der Waals surface area contributed by atoms with Gasteiger partial charge in [0.25, 0.3) is 0 Å². The maximum Gasteiger partial charge on any atom is 0.128 e. The van der Waals surface area contributed by atoms with Crippen molar-refractivity contribution in [1.82, 2.24) is 20.1 Å². The van der Waals surface area contributed by atoms with Crippen molar-refractivity contribution >= 4 is 16.6 Å². The van der Waals surface area contributed by atoms with Crippen LogP contribution in [0.2, 0.25) is 0 Å². The second-order valence-corrected chi connectivity index (χ2v) is 7.88. The van der Waals surface area contributed by atoms with Gasteiger partial charge in [0, 0.05) is 48.9 Å². The molecule has 1 aromatic carbocycles. The minimum Gasteiger partial charge on any atom is -0.373 e. The van der Waals surface area contributed by atoms with Crippen LogP contribution in [0, 0.1) is 5.92 Å². The van der Waals surface area contributed by atoms with Gasteiger partial charge in [-0.25, -0.2) is 9.37 Å². The van der Waals surface area contributed by atoms with Gasteiger partial charge in [0.15, 0.2) is 0 Å². The molecule has 0 saturated heterocycles. The number of hydrogen-bond donors (Lipinski definition) is 3. The molecule has 29 heavy (non-hydrogen) atoms. The smallest absolute Gasteiger partial charge is 0.128 e. The van der Waals surface area contributed by atoms with E-state index in [1.165, 1.54) is 0 Å². The molecule has 1 aliphatic carbocycles. The number of pyridine rings is 1. The average molecular weight is 397 g/mol. The molecule has 0 aliphatic heterocycles. The Kier molecular flexibility index (Phi) is 6.06. The zero-order valence-corrected chi connectivity index (χ0v) is 16.7. The molecule has 0 radical (unpaired) electrons. The van der Waals surface area contributed by atoms with E-state index in [1.54, 1.807) is 4.68 Å². The molecule has 3 N–H and O–H groups in total. The Morgan fingerprint density at radius 2 is 1.97 bits per heavy atom. The van der Waals surface area contributed by atoms with Crippen LogP contribution in [0.3, 0.4) is 0 Å². The largest absolute Gasteiger partial charge is 0.373 e. The van der Waals surface area contributed by atoms with Gasteiger partial charge in [0.05, 0.1) is 6.20 Å². The van der Waals surface area contributed by atoms with Gasteiger partial charge in [0.1, 0.15) is 18.7 Å². The minimum atomic E-state index is -0.636. The van der Waals surface area contributed by atoms with E-state index in [2.05, 4.69) is 38.9 Å². The van der Waals surface area contributed by atoms with E-state index in [0.29, 0.717) is 18.4 Å². The number of aromatic nitrogens is 3. The van der Waals surface area contributed by atoms with Crippen LogP contribution in [-0.4, -0.2) is 45.4 Å². The Morgan fingerprint density at radius 3 is 2.69 bits per heavy atom. The molecule has 1 aliphatic rings. The molecular weight excluding hydrogens is 369 g/mol. The molecule has 6 nitrogen and oxygen atoms in total. The molecule has 7 heteroatoms. The van der Waals surface area contributed by atoms with E-state index in [1.807, 2.05) is 31.7 Å². The summed E-state index contributed by atoms with van der Waals surface area (Å²) in [7, 11) is 1.91. The summed E-state index contributed by atoms with van der Waals surface area (Å²) in [4.78, 5) is 4.46. The van der Waals surface area contributed by atoms with Crippen LogP contribution in [0.4, 0.5) is 10.2 Å². The third-order valence-corrected chi connectivity index (χ3v) is 5.80. The summed E-state index contributed by atoms with van der Waals surface area (Å²) in [5.74, 6) is 0.851. The van der Waals surface area contributed by atoms with E-state index in [9.17, 15) is 9.50 Å². The molecular formula is C22H28FN5O. The van der Waals surface area contributed by atoms with Crippen molar-refractivity contribution in [2.75, 3.05) is 18.5 Å². The lowest BCUT2D eigenvalue weighted by Crippen LogP contribution is -2.39. The number of hydrogen-bond acceptors (Lipinski definition) is 5. The monoisotopic (exact) mass is 397 g/mol. The number of rotatable bonds is 7. The van der Waals surface area contributed by atoms with Crippen LogP contribution in [0.15, 0.2) is 42.9 Å². The zero-order valence-electron chi connectivity index (χ0n) is 16.7. The first kappa shape index (κ1) is 19.8. The normalized spacial score (nSPS) is 20.7. The van der Waals surface area contributed by atoms with Crippen molar-refractivity contribution in [3.05, 3.63) is 42.9 Å². The topological polar surface area (TPSA) is 75.0 Å². The molecule has 1 fully saturated rings. The van der Waals surface area contributed by atoms with Crippen molar-refractivity contribution in [3.63, 3.8) is 0 Å². The maximum atomic E-state index is 12.3. The Bertz CT molecular complexity index is 951. The van der Waals surface area contributed by atoms with Crippen molar-refractivity contribution in [3.8, 4) is 11.1 Å². The van der Waals surface area contributed by atoms with E-state index in [-0.39, 0.29) is 12.6 Å². The highest BCUT2D eigenvalue weighted by Gasteiger charge is 2.26. The van der Waals surface area contributed by atoms with Crippen LogP contribution in [0.1, 0.15) is 25.7 Å². The SMILES string of the molecule is Cn1cc(-c2ccc3cnc(NC(O)C4CCC(NCCF)CC4)cc3c2)cn1. The molecule has 2 aromatic heterocycles. The van der Waals surface area contributed by atoms with Gasteiger partial charge in [-0.2, -0.15) is 5.10 Å². The predicted octanol–water partition coefficient (Wildman–Crippen LogP) is 3.48. The number of anilines is 1. The van der Waals surface area contributed by atoms with Crippen LogP contribution < -0.4 is 10.6 Å². The number of halogens is 1. The third-order valence-electron chi connectivity index (χ3n) is 5.80. The fraction of sp³-hybridized carbons (Fsp3) is 0.455. The van der Waals surface area contributed by atoms with Crippen LogP contribution in [-0.2, 0) is 7.05 Å². The first-order valence-corrected chi connectivity index (χ1v) is 10.2. The summed E-state index contributed by atoms with van der Waals surface area (Å²) in [6, 6.07) is 8.58. The summed E-state index contributed by atoms with van der Waals surface area (Å²) in [5, 5.41) is 23.4. The Balaban J connectivity index is 1.42. The van der Waals surface area contributed by atoms with E-state index in [4.69, 9.17) is 0 Å². The Morgan fingerprint density at radius 1 is 1.14 bits per heavy atom. The van der Waals surface area contributed by atoms with Crippen LogP contribution >= 0.6 is 0 Å². The minimum absolute atomic E-state index is 0.178. The van der Waals surface area contributed by atoms with Crippen molar-refractivity contribution in [2.24, 2.45) is 13.0 Å². The molecule has 154 valence electrons. The lowest BCUT2D eigenvalue weighted by Gasteiger charge is -2.32. The van der Waals surface area contributed by atoms with Gasteiger partial charge in [-0.15, -0.1) is 0 Å². The van der Waals surface area contributed by atoms with Gasteiger partial charge in [-0.1, -0.05) is 12.1 Å². The molecule has 0 spiro atoms. The van der Waals surface area contributed by atoms with Gasteiger partial charge in [-0.05, 0) is 48.8 Å². The Hall–Kier alpha value is -2.51. The number of fused-ring (bicyclic) bond motifs is 1. The van der Waals surface area contributed by atoms with E-state index < -0.39 is 6.23 Å². The molecule has 0 amide bonds. The molecule has 3 aromatic rings. The number of alkyl halides is 1. The van der Waals surface area contributed by atoms with Gasteiger partial charge in [-0.3, -0.25) is 4.68 Å². The number of nitrogens with one attached hydrogen (secondary N) is 2. The maximum absolute atomic E-state index is 12.3. The first-order chi connectivity index (χ1) is 14.1. The summed E-state index contributed by atoms with van der Waals surface area (Å²) >= 11 is 0. The summed E-state index contributed by atoms with van der Waals surface area (Å²) < 4.78 is 14.1. The van der Waals surface area contributed by atoms with Crippen molar-refractivity contribution in [2.45, 2.75) is 38.0 Å². The second-order valence-electron chi connectivity index (χ2n) is 7.88. The van der Waals surface area contributed by atoms with Gasteiger partial charge < -0.3 is 15.7 Å². The third kappa shape index (κ3) is 4.74. The standard InChI is InChI=1S/C22H28FN5O/c1-28-14-19(13-26-28)16-2-3-17-12-25-21(11-18(17)10-16)27-22(29)15-4-6-20(7-5-15)24-9-8-23/h2-3,10-15,20,22,24,29H,4-9H2,1H3,(H,25,27). The zero-order chi connectivity index (χ0) is 20.2. The van der Waals surface area contributed by atoms with Crippen molar-refractivity contribution in [1.29, 1.82) is 0 Å². The van der Waals surface area contributed by atoms with Crippen molar-refractivity contribution < 1.29 is 9.50 Å². The number of aryl methyl sites for hydroxylation is 1. The quantitative estimate of drug-likeness (QED) is 0.532. The highest BCUT2D eigenvalue weighted by Crippen LogP contribution is 2.29. The molecule has 1 unspecified atom stereocenters. The summed E-state index contributed by atoms with van der Waals surface area (Å²) in [6.45, 7) is 0.0818. The molecule has 2 heterocycles. The first-order valence-electron chi connectivity index (χ1n) is 10.2. The molecule has 4 rings (SSSR count). The lowest BCUT2D eigenvalue weighted by molar-refractivity contribution is 0.100. The summed E-state index contributed by atoms with van der Waals surface area (Å²) in [5.41, 5.74) is 2.17.